The third-order valence-corrected chi connectivity index (χ3v) is 7.27. The number of anilines is 3. The van der Waals surface area contributed by atoms with Crippen LogP contribution >= 0.6 is 11.3 Å². The second-order valence-corrected chi connectivity index (χ2v) is 9.61. The number of aromatic nitrogens is 4. The zero-order chi connectivity index (χ0) is 23.7. The number of nitrogens with zero attached hydrogens (tertiary/aromatic N) is 4. The molecule has 1 saturated heterocycles. The molecule has 1 amide bonds. The van der Waals surface area contributed by atoms with Crippen molar-refractivity contribution in [1.82, 2.24) is 30.2 Å². The van der Waals surface area contributed by atoms with Crippen LogP contribution in [0.15, 0.2) is 36.5 Å². The Hall–Kier alpha value is -3.50. The fourth-order valence-corrected chi connectivity index (χ4v) is 5.05. The number of hydrogen-bond donors (Lipinski definition) is 4. The molecule has 9 nitrogen and oxygen atoms in total. The smallest absolute Gasteiger partial charge is 0.267 e. The molecule has 0 unspecified atom stereocenters. The number of H-pyrrole nitrogens is 1. The van der Waals surface area contributed by atoms with Gasteiger partial charge in [-0.2, -0.15) is 0 Å². The Labute approximate surface area is 202 Å². The van der Waals surface area contributed by atoms with Gasteiger partial charge in [0.2, 0.25) is 5.95 Å². The van der Waals surface area contributed by atoms with E-state index in [-0.39, 0.29) is 11.9 Å². The zero-order valence-electron chi connectivity index (χ0n) is 19.5. The number of rotatable bonds is 6. The number of hydrogen-bond acceptors (Lipinski definition) is 8. The average molecular weight is 477 g/mol. The van der Waals surface area contributed by atoms with Gasteiger partial charge in [-0.05, 0) is 70.2 Å². The van der Waals surface area contributed by atoms with Gasteiger partial charge in [0.05, 0.1) is 16.3 Å². The number of aromatic amines is 1. The van der Waals surface area contributed by atoms with E-state index < -0.39 is 0 Å². The van der Waals surface area contributed by atoms with Crippen molar-refractivity contribution in [3.8, 4) is 10.6 Å². The monoisotopic (exact) mass is 476 g/mol. The minimum atomic E-state index is -0.0582. The molecule has 1 aromatic carbocycles. The highest BCUT2D eigenvalue weighted by molar-refractivity contribution is 7.19. The van der Waals surface area contributed by atoms with Crippen LogP contribution in [-0.2, 0) is 0 Å². The number of carbonyl (C=O) groups excluding carboxylic acids is 1. The lowest BCUT2D eigenvalue weighted by Crippen LogP contribution is -2.43. The molecule has 3 aromatic heterocycles. The van der Waals surface area contributed by atoms with Crippen LogP contribution in [0.2, 0.25) is 0 Å². The topological polar surface area (TPSA) is 111 Å². The number of amides is 1. The van der Waals surface area contributed by atoms with Gasteiger partial charge in [-0.3, -0.25) is 4.79 Å². The number of aryl methyl sites for hydroxylation is 1. The Kier molecular flexibility index (Phi) is 6.16. The average Bonchev–Trinajstić information content (AvgIpc) is 3.44. The second-order valence-electron chi connectivity index (χ2n) is 8.61. The van der Waals surface area contributed by atoms with Gasteiger partial charge in [0.1, 0.15) is 5.69 Å². The van der Waals surface area contributed by atoms with E-state index in [1.807, 2.05) is 44.3 Å². The summed E-state index contributed by atoms with van der Waals surface area (Å²) in [5.74, 6) is 0.448. The van der Waals surface area contributed by atoms with Crippen LogP contribution in [-0.4, -0.2) is 64.0 Å². The molecule has 4 aromatic rings. The summed E-state index contributed by atoms with van der Waals surface area (Å²) in [5, 5.41) is 11.3. The molecule has 34 heavy (non-hydrogen) atoms. The molecule has 1 aliphatic heterocycles. The van der Waals surface area contributed by atoms with Crippen LogP contribution in [0.3, 0.4) is 0 Å². The number of thiazole rings is 1. The summed E-state index contributed by atoms with van der Waals surface area (Å²) in [7, 11) is 3.97. The first-order chi connectivity index (χ1) is 16.5. The van der Waals surface area contributed by atoms with E-state index in [9.17, 15) is 4.79 Å². The highest BCUT2D eigenvalue weighted by Gasteiger charge is 2.20. The third-order valence-electron chi connectivity index (χ3n) is 6.07. The molecule has 0 aliphatic carbocycles. The fourth-order valence-electron chi connectivity index (χ4n) is 4.16. The minimum Gasteiger partial charge on any atom is -0.365 e. The molecule has 4 heterocycles. The van der Waals surface area contributed by atoms with E-state index in [4.69, 9.17) is 0 Å². The molecule has 5 rings (SSSR count). The largest absolute Gasteiger partial charge is 0.365 e. The van der Waals surface area contributed by atoms with Crippen LogP contribution in [0.4, 0.5) is 16.8 Å². The molecule has 1 fully saturated rings. The van der Waals surface area contributed by atoms with E-state index in [1.165, 1.54) is 0 Å². The van der Waals surface area contributed by atoms with Gasteiger partial charge in [-0.25, -0.2) is 15.0 Å². The van der Waals surface area contributed by atoms with Crippen LogP contribution in [0.25, 0.3) is 21.5 Å². The van der Waals surface area contributed by atoms with Crippen molar-refractivity contribution >= 4 is 44.9 Å². The molecule has 10 heteroatoms. The van der Waals surface area contributed by atoms with Crippen molar-refractivity contribution in [1.29, 1.82) is 0 Å². The lowest BCUT2D eigenvalue weighted by atomic mass is 10.1. The summed E-state index contributed by atoms with van der Waals surface area (Å²) in [5.41, 5.74) is 4.09. The highest BCUT2D eigenvalue weighted by Crippen LogP contribution is 2.32. The van der Waals surface area contributed by atoms with Crippen molar-refractivity contribution in [2.75, 3.05) is 37.8 Å². The van der Waals surface area contributed by atoms with E-state index in [2.05, 4.69) is 47.8 Å². The summed E-state index contributed by atoms with van der Waals surface area (Å²) in [6, 6.07) is 9.90. The first-order valence-corrected chi connectivity index (χ1v) is 12.2. The number of benzene rings is 1. The summed E-state index contributed by atoms with van der Waals surface area (Å²) >= 11 is 1.56. The van der Waals surface area contributed by atoms with Crippen LogP contribution in [0, 0.1) is 6.92 Å². The summed E-state index contributed by atoms with van der Waals surface area (Å²) in [6.45, 7) is 3.99. The molecule has 0 saturated carbocycles. The SMILES string of the molecule is CNc1nc(C)c(-c2ccnc(Nc3ccc4[nH]c(C(=O)NC5CCN(C)CC5)cc4c3)n2)s1. The molecule has 4 N–H and O–H groups in total. The Morgan fingerprint density at radius 2 is 2.00 bits per heavy atom. The van der Waals surface area contributed by atoms with E-state index in [1.54, 1.807) is 17.5 Å². The fraction of sp³-hybridized carbons (Fsp3) is 0.333. The lowest BCUT2D eigenvalue weighted by Gasteiger charge is -2.29. The Morgan fingerprint density at radius 3 is 2.76 bits per heavy atom. The van der Waals surface area contributed by atoms with Crippen LogP contribution < -0.4 is 16.0 Å². The Bertz CT molecular complexity index is 1320. The molecule has 0 atom stereocenters. The minimum absolute atomic E-state index is 0.0582. The van der Waals surface area contributed by atoms with Gasteiger partial charge in [0.25, 0.3) is 5.91 Å². The Morgan fingerprint density at radius 1 is 1.18 bits per heavy atom. The lowest BCUT2D eigenvalue weighted by molar-refractivity contribution is 0.0912. The molecule has 1 aliphatic rings. The second kappa shape index (κ2) is 9.40. The summed E-state index contributed by atoms with van der Waals surface area (Å²) < 4.78 is 0. The Balaban J connectivity index is 1.31. The number of fused-ring (bicyclic) bond motifs is 1. The van der Waals surface area contributed by atoms with Crippen molar-refractivity contribution in [3.05, 3.63) is 47.9 Å². The van der Waals surface area contributed by atoms with E-state index in [0.29, 0.717) is 11.6 Å². The standard InChI is InChI=1S/C24H28N8OS/c1-14-21(34-24(25-2)27-14)19-6-9-26-23(31-19)29-17-4-5-18-15(12-17)13-20(30-18)22(33)28-16-7-10-32(3)11-8-16/h4-6,9,12-13,16,30H,7-8,10-11H2,1-3H3,(H,25,27)(H,28,33)(H,26,29,31). The van der Waals surface area contributed by atoms with Crippen molar-refractivity contribution in [2.24, 2.45) is 0 Å². The van der Waals surface area contributed by atoms with Crippen molar-refractivity contribution < 1.29 is 4.79 Å². The molecule has 176 valence electrons. The summed E-state index contributed by atoms with van der Waals surface area (Å²) in [4.78, 5) is 32.8. The zero-order valence-corrected chi connectivity index (χ0v) is 20.3. The number of nitrogens with one attached hydrogen (secondary N) is 4. The van der Waals surface area contributed by atoms with Gasteiger partial charge in [-0.1, -0.05) is 11.3 Å². The van der Waals surface area contributed by atoms with E-state index >= 15 is 0 Å². The van der Waals surface area contributed by atoms with E-state index in [0.717, 1.165) is 63.9 Å². The third kappa shape index (κ3) is 4.73. The maximum absolute atomic E-state index is 12.8. The van der Waals surface area contributed by atoms with Crippen molar-refractivity contribution in [2.45, 2.75) is 25.8 Å². The van der Waals surface area contributed by atoms with Gasteiger partial charge in [0, 0.05) is 35.9 Å². The maximum atomic E-state index is 12.8. The van der Waals surface area contributed by atoms with Crippen LogP contribution in [0.1, 0.15) is 29.0 Å². The first-order valence-electron chi connectivity index (χ1n) is 11.4. The van der Waals surface area contributed by atoms with Gasteiger partial charge in [0.15, 0.2) is 5.13 Å². The molecule has 0 spiro atoms. The van der Waals surface area contributed by atoms with Crippen LogP contribution in [0.5, 0.6) is 0 Å². The number of likely N-dealkylation sites (tertiary alicyclic amines) is 1. The first kappa shape index (κ1) is 22.3. The normalized spacial score (nSPS) is 14.9. The highest BCUT2D eigenvalue weighted by atomic mass is 32.1. The predicted molar refractivity (Wildman–Crippen MR) is 137 cm³/mol. The maximum Gasteiger partial charge on any atom is 0.267 e. The molecular weight excluding hydrogens is 448 g/mol. The quantitative estimate of drug-likeness (QED) is 0.333. The van der Waals surface area contributed by atoms with Crippen molar-refractivity contribution in [3.63, 3.8) is 0 Å². The predicted octanol–water partition coefficient (Wildman–Crippen LogP) is 4.00. The molecule has 0 radical (unpaired) electrons. The molecule has 0 bridgehead atoms. The number of piperidine rings is 1. The van der Waals surface area contributed by atoms with Gasteiger partial charge in [-0.15, -0.1) is 0 Å². The molecular formula is C24H28N8OS. The number of carbonyl (C=O) groups is 1. The van der Waals surface area contributed by atoms with Gasteiger partial charge < -0.3 is 25.8 Å². The summed E-state index contributed by atoms with van der Waals surface area (Å²) in [6.07, 6.45) is 3.70. The van der Waals surface area contributed by atoms with Gasteiger partial charge >= 0.3 is 0 Å².